The second-order valence-corrected chi connectivity index (χ2v) is 5.74. The summed E-state index contributed by atoms with van der Waals surface area (Å²) >= 11 is 7.17. The maximum Gasteiger partial charge on any atom is 0.260 e. The van der Waals surface area contributed by atoms with Crippen LogP contribution in [0.4, 0.5) is 0 Å². The third kappa shape index (κ3) is 3.62. The average molecular weight is 281 g/mol. The van der Waals surface area contributed by atoms with Crippen LogP contribution < -0.4 is 0 Å². The second kappa shape index (κ2) is 7.00. The average Bonchev–Trinajstić information content (AvgIpc) is 2.43. The number of benzene rings is 1. The predicted octanol–water partition coefficient (Wildman–Crippen LogP) is 4.04. The van der Waals surface area contributed by atoms with Gasteiger partial charge in [0.1, 0.15) is 0 Å². The molecule has 1 aliphatic rings. The standard InChI is InChI=1S/C14H19NOS2/c1-2-3-6-9-16-14(17)15-10-12-7-4-5-8-13(12)18-11-15/h4-5,7-8H,2-3,6,9-11H2,1H3. The first kappa shape index (κ1) is 13.7. The SMILES string of the molecule is CCCCCOC(=S)N1CSc2ccccc2C1. The normalized spacial score (nSPS) is 14.2. The molecule has 2 nitrogen and oxygen atoms in total. The zero-order valence-corrected chi connectivity index (χ0v) is 12.4. The summed E-state index contributed by atoms with van der Waals surface area (Å²) in [5.41, 5.74) is 1.34. The summed E-state index contributed by atoms with van der Waals surface area (Å²) in [6, 6.07) is 8.49. The highest BCUT2D eigenvalue weighted by molar-refractivity contribution is 7.99. The van der Waals surface area contributed by atoms with E-state index in [1.807, 2.05) is 11.8 Å². The lowest BCUT2D eigenvalue weighted by molar-refractivity contribution is 0.243. The van der Waals surface area contributed by atoms with Gasteiger partial charge in [-0.2, -0.15) is 0 Å². The third-order valence-electron chi connectivity index (χ3n) is 2.94. The van der Waals surface area contributed by atoms with Gasteiger partial charge in [0.25, 0.3) is 5.17 Å². The van der Waals surface area contributed by atoms with Crippen LogP contribution in [-0.4, -0.2) is 22.6 Å². The molecule has 0 aromatic heterocycles. The van der Waals surface area contributed by atoms with Crippen molar-refractivity contribution < 1.29 is 4.74 Å². The van der Waals surface area contributed by atoms with Gasteiger partial charge in [0.05, 0.1) is 12.5 Å². The molecular formula is C14H19NOS2. The van der Waals surface area contributed by atoms with Crippen LogP contribution in [0.15, 0.2) is 29.2 Å². The Morgan fingerprint density at radius 2 is 2.22 bits per heavy atom. The summed E-state index contributed by atoms with van der Waals surface area (Å²) in [6.45, 7) is 3.81. The molecule has 0 saturated heterocycles. The molecule has 1 aromatic rings. The lowest BCUT2D eigenvalue weighted by atomic mass is 10.2. The summed E-state index contributed by atoms with van der Waals surface area (Å²) in [5.74, 6) is 0.892. The van der Waals surface area contributed by atoms with Crippen LogP contribution in [0.3, 0.4) is 0 Å². The number of nitrogens with zero attached hydrogens (tertiary/aromatic N) is 1. The molecule has 0 bridgehead atoms. The molecule has 0 aliphatic carbocycles. The second-order valence-electron chi connectivity index (χ2n) is 4.40. The Kier molecular flexibility index (Phi) is 5.32. The van der Waals surface area contributed by atoms with Gasteiger partial charge in [-0.05, 0) is 30.3 Å². The smallest absolute Gasteiger partial charge is 0.260 e. The quantitative estimate of drug-likeness (QED) is 0.609. The van der Waals surface area contributed by atoms with Crippen molar-refractivity contribution in [1.29, 1.82) is 0 Å². The van der Waals surface area contributed by atoms with Gasteiger partial charge in [-0.1, -0.05) is 38.0 Å². The summed E-state index contributed by atoms with van der Waals surface area (Å²) < 4.78 is 5.64. The highest BCUT2D eigenvalue weighted by Gasteiger charge is 2.19. The third-order valence-corrected chi connectivity index (χ3v) is 4.47. The highest BCUT2D eigenvalue weighted by atomic mass is 32.2. The minimum atomic E-state index is 0.646. The number of thiocarbonyl (C=S) groups is 1. The van der Waals surface area contributed by atoms with Gasteiger partial charge >= 0.3 is 0 Å². The molecule has 0 unspecified atom stereocenters. The lowest BCUT2D eigenvalue weighted by Gasteiger charge is -2.29. The monoisotopic (exact) mass is 281 g/mol. The van der Waals surface area contributed by atoms with Gasteiger partial charge in [0, 0.05) is 11.4 Å². The Balaban J connectivity index is 1.83. The Bertz CT molecular complexity index is 409. The molecular weight excluding hydrogens is 262 g/mol. The van der Waals surface area contributed by atoms with E-state index in [1.54, 1.807) is 0 Å². The van der Waals surface area contributed by atoms with Crippen LogP contribution in [0.1, 0.15) is 31.7 Å². The summed E-state index contributed by atoms with van der Waals surface area (Å²) in [5, 5.41) is 0.646. The molecule has 1 aliphatic heterocycles. The highest BCUT2D eigenvalue weighted by Crippen LogP contribution is 2.30. The van der Waals surface area contributed by atoms with E-state index in [0.29, 0.717) is 5.17 Å². The van der Waals surface area contributed by atoms with Crippen molar-refractivity contribution in [2.75, 3.05) is 12.5 Å². The maximum absolute atomic E-state index is 5.64. The van der Waals surface area contributed by atoms with E-state index >= 15 is 0 Å². The fraction of sp³-hybridized carbons (Fsp3) is 0.500. The summed E-state index contributed by atoms with van der Waals surface area (Å²) in [4.78, 5) is 3.50. The van der Waals surface area contributed by atoms with E-state index in [9.17, 15) is 0 Å². The molecule has 0 atom stereocenters. The number of unbranched alkanes of at least 4 members (excludes halogenated alkanes) is 2. The molecule has 0 radical (unpaired) electrons. The van der Waals surface area contributed by atoms with Crippen LogP contribution in [0.25, 0.3) is 0 Å². The molecule has 0 spiro atoms. The van der Waals surface area contributed by atoms with E-state index in [-0.39, 0.29) is 0 Å². The molecule has 0 amide bonds. The lowest BCUT2D eigenvalue weighted by Crippen LogP contribution is -2.33. The zero-order chi connectivity index (χ0) is 12.8. The first-order chi connectivity index (χ1) is 8.81. The number of rotatable bonds is 4. The van der Waals surface area contributed by atoms with E-state index < -0.39 is 0 Å². The van der Waals surface area contributed by atoms with Crippen LogP contribution >= 0.6 is 24.0 Å². The zero-order valence-electron chi connectivity index (χ0n) is 10.7. The first-order valence-electron chi connectivity index (χ1n) is 6.43. The van der Waals surface area contributed by atoms with Gasteiger partial charge < -0.3 is 9.64 Å². The van der Waals surface area contributed by atoms with Crippen molar-refractivity contribution in [3.8, 4) is 0 Å². The molecule has 0 N–H and O–H groups in total. The Hall–Kier alpha value is -0.740. The molecule has 18 heavy (non-hydrogen) atoms. The fourth-order valence-electron chi connectivity index (χ4n) is 1.89. The van der Waals surface area contributed by atoms with Crippen LogP contribution in [-0.2, 0) is 11.3 Å². The molecule has 1 aromatic carbocycles. The van der Waals surface area contributed by atoms with Crippen molar-refractivity contribution in [3.05, 3.63) is 29.8 Å². The van der Waals surface area contributed by atoms with Gasteiger partial charge in [0.2, 0.25) is 0 Å². The van der Waals surface area contributed by atoms with Gasteiger partial charge in [-0.15, -0.1) is 11.8 Å². The van der Waals surface area contributed by atoms with Crippen molar-refractivity contribution >= 4 is 29.2 Å². The number of hydrogen-bond acceptors (Lipinski definition) is 3. The van der Waals surface area contributed by atoms with E-state index in [4.69, 9.17) is 17.0 Å². The van der Waals surface area contributed by atoms with E-state index in [1.165, 1.54) is 23.3 Å². The molecule has 98 valence electrons. The van der Waals surface area contributed by atoms with Gasteiger partial charge in [-0.25, -0.2) is 0 Å². The topological polar surface area (TPSA) is 12.5 Å². The molecule has 1 heterocycles. The van der Waals surface area contributed by atoms with Crippen molar-refractivity contribution in [3.63, 3.8) is 0 Å². The van der Waals surface area contributed by atoms with Crippen molar-refractivity contribution in [2.45, 2.75) is 37.6 Å². The molecule has 0 saturated carbocycles. The fourth-order valence-corrected chi connectivity index (χ4v) is 3.18. The minimum Gasteiger partial charge on any atom is -0.471 e. The van der Waals surface area contributed by atoms with Crippen molar-refractivity contribution in [1.82, 2.24) is 4.90 Å². The van der Waals surface area contributed by atoms with Crippen LogP contribution in [0.5, 0.6) is 0 Å². The largest absolute Gasteiger partial charge is 0.471 e. The Morgan fingerprint density at radius 3 is 3.06 bits per heavy atom. The summed E-state index contributed by atoms with van der Waals surface area (Å²) in [7, 11) is 0. The van der Waals surface area contributed by atoms with Gasteiger partial charge in [-0.3, -0.25) is 0 Å². The minimum absolute atomic E-state index is 0.646. The first-order valence-corrected chi connectivity index (χ1v) is 7.83. The summed E-state index contributed by atoms with van der Waals surface area (Å²) in [6.07, 6.45) is 3.51. The van der Waals surface area contributed by atoms with E-state index in [2.05, 4.69) is 36.1 Å². The number of hydrogen-bond donors (Lipinski definition) is 0. The Morgan fingerprint density at radius 1 is 1.39 bits per heavy atom. The number of ether oxygens (including phenoxy) is 1. The Labute approximate surface area is 119 Å². The van der Waals surface area contributed by atoms with Crippen LogP contribution in [0.2, 0.25) is 0 Å². The van der Waals surface area contributed by atoms with E-state index in [0.717, 1.165) is 25.4 Å². The molecule has 0 fully saturated rings. The number of thioether (sulfide) groups is 1. The van der Waals surface area contributed by atoms with Crippen LogP contribution in [0, 0.1) is 0 Å². The van der Waals surface area contributed by atoms with Crippen molar-refractivity contribution in [2.24, 2.45) is 0 Å². The molecule has 4 heteroatoms. The maximum atomic E-state index is 5.64. The molecule has 2 rings (SSSR count). The number of fused-ring (bicyclic) bond motifs is 1. The predicted molar refractivity (Wildman–Crippen MR) is 80.8 cm³/mol. The van der Waals surface area contributed by atoms with Gasteiger partial charge in [0.15, 0.2) is 0 Å².